The highest BCUT2D eigenvalue weighted by atomic mass is 35.5. The zero-order valence-electron chi connectivity index (χ0n) is 22.1. The van der Waals surface area contributed by atoms with Gasteiger partial charge in [0.25, 0.3) is 0 Å². The van der Waals surface area contributed by atoms with Crippen molar-refractivity contribution in [2.24, 2.45) is 0 Å². The zero-order chi connectivity index (χ0) is 27.8. The smallest absolute Gasteiger partial charge is 0.243 e. The summed E-state index contributed by atoms with van der Waals surface area (Å²) in [6, 6.07) is 11.6. The number of anilines is 1. The second kappa shape index (κ2) is 14.0. The number of carbonyl (C=O) groups is 2. The molecule has 37 heavy (non-hydrogen) atoms. The summed E-state index contributed by atoms with van der Waals surface area (Å²) < 4.78 is 26.4. The summed E-state index contributed by atoms with van der Waals surface area (Å²) in [7, 11) is -3.61. The minimum atomic E-state index is -3.61. The molecule has 1 N–H and O–H groups in total. The van der Waals surface area contributed by atoms with Crippen LogP contribution < -0.4 is 9.62 Å². The van der Waals surface area contributed by atoms with Crippen LogP contribution in [-0.2, 0) is 26.2 Å². The predicted molar refractivity (Wildman–Crippen MR) is 152 cm³/mol. The molecule has 0 fully saturated rings. The second-order valence-corrected chi connectivity index (χ2v) is 12.0. The molecule has 204 valence electrons. The van der Waals surface area contributed by atoms with Gasteiger partial charge in [-0.15, -0.1) is 0 Å². The molecule has 0 aliphatic rings. The Hall–Kier alpha value is -2.29. The molecule has 0 bridgehead atoms. The highest BCUT2D eigenvalue weighted by Gasteiger charge is 2.29. The Kier molecular flexibility index (Phi) is 11.7. The van der Waals surface area contributed by atoms with Crippen molar-refractivity contribution in [3.8, 4) is 0 Å². The Morgan fingerprint density at radius 2 is 1.68 bits per heavy atom. The number of nitrogens with zero attached hydrogens (tertiary/aromatic N) is 2. The predicted octanol–water partition coefficient (Wildman–Crippen LogP) is 5.57. The van der Waals surface area contributed by atoms with Crippen LogP contribution in [0.15, 0.2) is 42.5 Å². The highest BCUT2D eigenvalue weighted by Crippen LogP contribution is 2.28. The topological polar surface area (TPSA) is 86.8 Å². The number of amides is 2. The monoisotopic (exact) mass is 569 g/mol. The fourth-order valence-corrected chi connectivity index (χ4v) is 5.31. The molecule has 0 unspecified atom stereocenters. The van der Waals surface area contributed by atoms with Gasteiger partial charge in [-0.05, 0) is 68.5 Å². The molecule has 0 saturated heterocycles. The van der Waals surface area contributed by atoms with Gasteiger partial charge in [0.15, 0.2) is 0 Å². The van der Waals surface area contributed by atoms with Crippen LogP contribution in [0.3, 0.4) is 0 Å². The Labute approximate surface area is 231 Å². The van der Waals surface area contributed by atoms with Crippen LogP contribution in [0, 0.1) is 6.92 Å². The van der Waals surface area contributed by atoms with E-state index in [2.05, 4.69) is 5.32 Å². The third-order valence-electron chi connectivity index (χ3n) is 6.31. The molecular formula is C27H37Cl2N3O4S. The van der Waals surface area contributed by atoms with Crippen LogP contribution in [0.1, 0.15) is 57.6 Å². The number of rotatable bonds is 13. The van der Waals surface area contributed by atoms with Crippen molar-refractivity contribution in [1.29, 1.82) is 0 Å². The lowest BCUT2D eigenvalue weighted by atomic mass is 10.1. The van der Waals surface area contributed by atoms with E-state index in [-0.39, 0.29) is 43.8 Å². The van der Waals surface area contributed by atoms with E-state index in [4.69, 9.17) is 23.2 Å². The van der Waals surface area contributed by atoms with Crippen molar-refractivity contribution >= 4 is 50.7 Å². The lowest BCUT2D eigenvalue weighted by Crippen LogP contribution is -2.50. The first-order valence-corrected chi connectivity index (χ1v) is 15.1. The molecular weight excluding hydrogens is 533 g/mol. The molecule has 0 saturated carbocycles. The Morgan fingerprint density at radius 3 is 2.24 bits per heavy atom. The summed E-state index contributed by atoms with van der Waals surface area (Å²) in [4.78, 5) is 28.1. The average molecular weight is 571 g/mol. The first-order valence-electron chi connectivity index (χ1n) is 12.5. The normalized spacial score (nSPS) is 13.1. The number of nitrogens with one attached hydrogen (secondary N) is 1. The summed E-state index contributed by atoms with van der Waals surface area (Å²) in [6.07, 6.45) is 2.70. The number of carbonyl (C=O) groups excluding carboxylic acids is 2. The summed E-state index contributed by atoms with van der Waals surface area (Å²) in [6.45, 7) is 7.89. The van der Waals surface area contributed by atoms with Crippen molar-refractivity contribution in [1.82, 2.24) is 10.2 Å². The SMILES string of the molecule is CC[C@H](C(=O)N[C@@H](C)CC)N(Cc1ccc(Cl)cc1)C(=O)CCCN(c1cccc(Cl)c1C)S(C)(=O)=O. The lowest BCUT2D eigenvalue weighted by Gasteiger charge is -2.32. The van der Waals surface area contributed by atoms with Gasteiger partial charge in [-0.3, -0.25) is 13.9 Å². The maximum Gasteiger partial charge on any atom is 0.243 e. The quantitative estimate of drug-likeness (QED) is 0.341. The number of sulfonamides is 1. The Morgan fingerprint density at radius 1 is 1.03 bits per heavy atom. The van der Waals surface area contributed by atoms with Gasteiger partial charge < -0.3 is 10.2 Å². The minimum absolute atomic E-state index is 0.0155. The van der Waals surface area contributed by atoms with Crippen LogP contribution in [0.5, 0.6) is 0 Å². The molecule has 0 aliphatic carbocycles. The van der Waals surface area contributed by atoms with Crippen LogP contribution in [0.4, 0.5) is 5.69 Å². The van der Waals surface area contributed by atoms with E-state index in [0.29, 0.717) is 27.7 Å². The summed E-state index contributed by atoms with van der Waals surface area (Å²) >= 11 is 12.2. The summed E-state index contributed by atoms with van der Waals surface area (Å²) in [5.41, 5.74) is 1.98. The van der Waals surface area contributed by atoms with Gasteiger partial charge in [0.05, 0.1) is 11.9 Å². The number of hydrogen-bond donors (Lipinski definition) is 1. The van der Waals surface area contributed by atoms with E-state index < -0.39 is 16.1 Å². The fourth-order valence-electron chi connectivity index (χ4n) is 4.00. The molecule has 2 rings (SSSR count). The van der Waals surface area contributed by atoms with E-state index in [1.807, 2.05) is 32.9 Å². The summed E-state index contributed by atoms with van der Waals surface area (Å²) in [5, 5.41) is 4.03. The molecule has 2 amide bonds. The van der Waals surface area contributed by atoms with Gasteiger partial charge in [0.2, 0.25) is 21.8 Å². The van der Waals surface area contributed by atoms with Crippen LogP contribution >= 0.6 is 23.2 Å². The van der Waals surface area contributed by atoms with Gasteiger partial charge in [0, 0.05) is 35.6 Å². The standard InChI is InChI=1S/C27H37Cl2N3O4S/c1-6-19(3)30-27(34)24(7-2)31(18-21-13-15-22(28)16-14-21)26(33)12-9-17-32(37(5,35)36)25-11-8-10-23(29)20(25)4/h8,10-11,13-16,19,24H,6-7,9,12,17-18H2,1-5H3,(H,30,34)/t19-,24+/m0/s1. The molecule has 10 heteroatoms. The van der Waals surface area contributed by atoms with E-state index >= 15 is 0 Å². The number of halogens is 2. The third-order valence-corrected chi connectivity index (χ3v) is 8.15. The van der Waals surface area contributed by atoms with Gasteiger partial charge >= 0.3 is 0 Å². The first-order chi connectivity index (χ1) is 17.4. The van der Waals surface area contributed by atoms with Crippen LogP contribution in [0.2, 0.25) is 10.0 Å². The van der Waals surface area contributed by atoms with E-state index in [9.17, 15) is 18.0 Å². The molecule has 0 radical (unpaired) electrons. The largest absolute Gasteiger partial charge is 0.352 e. The van der Waals surface area contributed by atoms with Crippen molar-refractivity contribution in [2.75, 3.05) is 17.1 Å². The lowest BCUT2D eigenvalue weighted by molar-refractivity contribution is -0.141. The maximum atomic E-state index is 13.5. The molecule has 0 aliphatic heterocycles. The van der Waals surface area contributed by atoms with Crippen molar-refractivity contribution in [3.63, 3.8) is 0 Å². The Bertz CT molecular complexity index is 1170. The molecule has 7 nitrogen and oxygen atoms in total. The van der Waals surface area contributed by atoms with E-state index in [0.717, 1.165) is 18.2 Å². The fraction of sp³-hybridized carbons (Fsp3) is 0.481. The zero-order valence-corrected chi connectivity index (χ0v) is 24.5. The van der Waals surface area contributed by atoms with E-state index in [1.165, 1.54) is 4.31 Å². The minimum Gasteiger partial charge on any atom is -0.352 e. The maximum absolute atomic E-state index is 13.5. The van der Waals surface area contributed by atoms with Gasteiger partial charge in [0.1, 0.15) is 6.04 Å². The van der Waals surface area contributed by atoms with Gasteiger partial charge in [-0.1, -0.05) is 55.2 Å². The highest BCUT2D eigenvalue weighted by molar-refractivity contribution is 7.92. The van der Waals surface area contributed by atoms with E-state index in [1.54, 1.807) is 42.2 Å². The molecule has 2 aromatic carbocycles. The average Bonchev–Trinajstić information content (AvgIpc) is 2.84. The molecule has 2 atom stereocenters. The van der Waals surface area contributed by atoms with Crippen molar-refractivity contribution in [3.05, 3.63) is 63.6 Å². The number of benzene rings is 2. The van der Waals surface area contributed by atoms with Crippen molar-refractivity contribution < 1.29 is 18.0 Å². The van der Waals surface area contributed by atoms with Gasteiger partial charge in [-0.25, -0.2) is 8.42 Å². The van der Waals surface area contributed by atoms with Crippen LogP contribution in [-0.4, -0.2) is 50.0 Å². The molecule has 0 heterocycles. The second-order valence-electron chi connectivity index (χ2n) is 9.21. The molecule has 0 spiro atoms. The first kappa shape index (κ1) is 30.9. The Balaban J connectivity index is 2.25. The number of hydrogen-bond acceptors (Lipinski definition) is 4. The van der Waals surface area contributed by atoms with Gasteiger partial charge in [-0.2, -0.15) is 0 Å². The third kappa shape index (κ3) is 8.90. The van der Waals surface area contributed by atoms with Crippen molar-refractivity contribution in [2.45, 2.75) is 72.0 Å². The molecule has 0 aromatic heterocycles. The van der Waals surface area contributed by atoms with Crippen LogP contribution in [0.25, 0.3) is 0 Å². The summed E-state index contributed by atoms with van der Waals surface area (Å²) in [5.74, 6) is -0.427. The molecule has 2 aromatic rings.